The minimum absolute atomic E-state index is 0.0919. The van der Waals surface area contributed by atoms with Gasteiger partial charge in [-0.15, -0.1) is 0 Å². The summed E-state index contributed by atoms with van der Waals surface area (Å²) in [6, 6.07) is 12.5. The molecule has 0 aliphatic carbocycles. The number of sulfonamides is 1. The molecule has 1 aromatic carbocycles. The van der Waals surface area contributed by atoms with Crippen LogP contribution in [0.15, 0.2) is 53.6 Å². The molecule has 0 spiro atoms. The number of hydrogen-bond acceptors (Lipinski definition) is 4. The Balaban J connectivity index is 1.65. The Labute approximate surface area is 153 Å². The maximum absolute atomic E-state index is 12.9. The van der Waals surface area contributed by atoms with Gasteiger partial charge in [-0.3, -0.25) is 0 Å². The van der Waals surface area contributed by atoms with Gasteiger partial charge in [0.05, 0.1) is 4.90 Å². The SMILES string of the molecule is CCCn1c(C2CCN(S(=O)(=O)c3ccccc3)C2)nc2cccnc21. The molecule has 136 valence electrons. The van der Waals surface area contributed by atoms with Crippen LogP contribution in [0.25, 0.3) is 11.2 Å². The zero-order valence-corrected chi connectivity index (χ0v) is 15.6. The number of imidazole rings is 1. The lowest BCUT2D eigenvalue weighted by Crippen LogP contribution is -2.29. The van der Waals surface area contributed by atoms with Gasteiger partial charge in [-0.05, 0) is 37.1 Å². The van der Waals surface area contributed by atoms with Crippen molar-refractivity contribution < 1.29 is 8.42 Å². The molecule has 1 aliphatic rings. The standard InChI is InChI=1S/C19H22N4O2S/c1-2-12-23-18(21-17-9-6-11-20-19(17)23)15-10-13-22(14-15)26(24,25)16-7-4-3-5-8-16/h3-9,11,15H,2,10,12-14H2,1H3. The normalized spacial score (nSPS) is 18.6. The molecule has 1 saturated heterocycles. The number of benzene rings is 1. The predicted octanol–water partition coefficient (Wildman–Crippen LogP) is 3.02. The molecule has 0 saturated carbocycles. The fraction of sp³-hybridized carbons (Fsp3) is 0.368. The molecule has 6 nitrogen and oxygen atoms in total. The number of nitrogens with zero attached hydrogens (tertiary/aromatic N) is 4. The molecular weight excluding hydrogens is 348 g/mol. The van der Waals surface area contributed by atoms with E-state index in [1.807, 2.05) is 18.2 Å². The highest BCUT2D eigenvalue weighted by atomic mass is 32.2. The van der Waals surface area contributed by atoms with E-state index in [0.29, 0.717) is 18.0 Å². The molecule has 0 N–H and O–H groups in total. The van der Waals surface area contributed by atoms with Crippen LogP contribution in [0.5, 0.6) is 0 Å². The second kappa shape index (κ2) is 6.81. The van der Waals surface area contributed by atoms with Crippen LogP contribution in [0.3, 0.4) is 0 Å². The summed E-state index contributed by atoms with van der Waals surface area (Å²) >= 11 is 0. The van der Waals surface area contributed by atoms with Crippen molar-refractivity contribution in [3.63, 3.8) is 0 Å². The fourth-order valence-corrected chi connectivity index (χ4v) is 5.15. The average Bonchev–Trinajstić information content (AvgIpc) is 3.29. The third-order valence-electron chi connectivity index (χ3n) is 4.88. The lowest BCUT2D eigenvalue weighted by molar-refractivity contribution is 0.468. The number of pyridine rings is 1. The van der Waals surface area contributed by atoms with Gasteiger partial charge in [-0.2, -0.15) is 4.31 Å². The fourth-order valence-electron chi connectivity index (χ4n) is 3.63. The molecule has 0 amide bonds. The number of aromatic nitrogens is 3. The van der Waals surface area contributed by atoms with Gasteiger partial charge in [0.1, 0.15) is 11.3 Å². The van der Waals surface area contributed by atoms with E-state index in [9.17, 15) is 8.42 Å². The van der Waals surface area contributed by atoms with Crippen molar-refractivity contribution in [2.75, 3.05) is 13.1 Å². The Bertz CT molecular complexity index is 1010. The highest BCUT2D eigenvalue weighted by Crippen LogP contribution is 2.32. The molecule has 1 fully saturated rings. The Morgan fingerprint density at radius 3 is 2.73 bits per heavy atom. The van der Waals surface area contributed by atoms with Gasteiger partial charge in [0.25, 0.3) is 0 Å². The van der Waals surface area contributed by atoms with Gasteiger partial charge in [0, 0.05) is 31.7 Å². The molecule has 4 rings (SSSR count). The third-order valence-corrected chi connectivity index (χ3v) is 6.76. The van der Waals surface area contributed by atoms with E-state index in [4.69, 9.17) is 4.98 Å². The second-order valence-corrected chi connectivity index (χ2v) is 8.57. The summed E-state index contributed by atoms with van der Waals surface area (Å²) in [4.78, 5) is 9.61. The van der Waals surface area contributed by atoms with Crippen LogP contribution in [-0.2, 0) is 16.6 Å². The van der Waals surface area contributed by atoms with Crippen molar-refractivity contribution in [1.82, 2.24) is 18.8 Å². The van der Waals surface area contributed by atoms with E-state index in [1.54, 1.807) is 34.8 Å². The van der Waals surface area contributed by atoms with E-state index in [0.717, 1.165) is 36.4 Å². The first-order chi connectivity index (χ1) is 12.6. The molecular formula is C19H22N4O2S. The third kappa shape index (κ3) is 2.91. The van der Waals surface area contributed by atoms with Gasteiger partial charge >= 0.3 is 0 Å². The molecule has 0 bridgehead atoms. The van der Waals surface area contributed by atoms with Crippen molar-refractivity contribution in [2.24, 2.45) is 0 Å². The van der Waals surface area contributed by atoms with Crippen molar-refractivity contribution in [3.8, 4) is 0 Å². The van der Waals surface area contributed by atoms with E-state index in [1.165, 1.54) is 0 Å². The lowest BCUT2D eigenvalue weighted by atomic mass is 10.1. The van der Waals surface area contributed by atoms with Crippen LogP contribution in [0, 0.1) is 0 Å². The van der Waals surface area contributed by atoms with Crippen LogP contribution in [-0.4, -0.2) is 40.3 Å². The topological polar surface area (TPSA) is 68.1 Å². The minimum Gasteiger partial charge on any atom is -0.312 e. The second-order valence-electron chi connectivity index (χ2n) is 6.63. The van der Waals surface area contributed by atoms with Crippen molar-refractivity contribution in [2.45, 2.75) is 37.1 Å². The molecule has 1 atom stereocenters. The van der Waals surface area contributed by atoms with Crippen LogP contribution < -0.4 is 0 Å². The summed E-state index contributed by atoms with van der Waals surface area (Å²) in [6.07, 6.45) is 3.54. The molecule has 0 radical (unpaired) electrons. The van der Waals surface area contributed by atoms with Crippen LogP contribution in [0.1, 0.15) is 31.5 Å². The summed E-state index contributed by atoms with van der Waals surface area (Å²) in [6.45, 7) is 3.94. The number of aryl methyl sites for hydroxylation is 1. The quantitative estimate of drug-likeness (QED) is 0.692. The van der Waals surface area contributed by atoms with Gasteiger partial charge in [-0.25, -0.2) is 18.4 Å². The maximum atomic E-state index is 12.9. The molecule has 1 aliphatic heterocycles. The van der Waals surface area contributed by atoms with Crippen molar-refractivity contribution in [3.05, 3.63) is 54.5 Å². The van der Waals surface area contributed by atoms with Crippen LogP contribution in [0.2, 0.25) is 0 Å². The molecule has 7 heteroatoms. The van der Waals surface area contributed by atoms with Gasteiger partial charge < -0.3 is 4.57 Å². The molecule has 26 heavy (non-hydrogen) atoms. The largest absolute Gasteiger partial charge is 0.312 e. The summed E-state index contributed by atoms with van der Waals surface area (Å²) in [5.41, 5.74) is 1.76. The summed E-state index contributed by atoms with van der Waals surface area (Å²) in [5, 5.41) is 0. The maximum Gasteiger partial charge on any atom is 0.243 e. The predicted molar refractivity (Wildman–Crippen MR) is 100 cm³/mol. The van der Waals surface area contributed by atoms with Gasteiger partial charge in [0.2, 0.25) is 10.0 Å². The zero-order valence-electron chi connectivity index (χ0n) is 14.7. The number of rotatable bonds is 5. The van der Waals surface area contributed by atoms with E-state index in [-0.39, 0.29) is 5.92 Å². The number of fused-ring (bicyclic) bond motifs is 1. The van der Waals surface area contributed by atoms with E-state index >= 15 is 0 Å². The van der Waals surface area contributed by atoms with Crippen LogP contribution in [0.4, 0.5) is 0 Å². The van der Waals surface area contributed by atoms with Crippen LogP contribution >= 0.6 is 0 Å². The first-order valence-electron chi connectivity index (χ1n) is 8.97. The number of hydrogen-bond donors (Lipinski definition) is 0. The average molecular weight is 370 g/mol. The molecule has 1 unspecified atom stereocenters. The van der Waals surface area contributed by atoms with E-state index in [2.05, 4.69) is 16.5 Å². The Morgan fingerprint density at radius 2 is 1.96 bits per heavy atom. The highest BCUT2D eigenvalue weighted by Gasteiger charge is 2.35. The zero-order chi connectivity index (χ0) is 18.1. The molecule has 2 aromatic heterocycles. The minimum atomic E-state index is -3.45. The highest BCUT2D eigenvalue weighted by molar-refractivity contribution is 7.89. The van der Waals surface area contributed by atoms with Crippen molar-refractivity contribution in [1.29, 1.82) is 0 Å². The summed E-state index contributed by atoms with van der Waals surface area (Å²) in [5.74, 6) is 1.04. The van der Waals surface area contributed by atoms with Gasteiger partial charge in [0.15, 0.2) is 5.65 Å². The smallest absolute Gasteiger partial charge is 0.243 e. The summed E-state index contributed by atoms with van der Waals surface area (Å²) < 4.78 is 29.5. The Kier molecular flexibility index (Phi) is 4.50. The van der Waals surface area contributed by atoms with Crippen molar-refractivity contribution >= 4 is 21.2 Å². The Hall–Kier alpha value is -2.25. The summed E-state index contributed by atoms with van der Waals surface area (Å²) in [7, 11) is -3.45. The Morgan fingerprint density at radius 1 is 1.15 bits per heavy atom. The van der Waals surface area contributed by atoms with E-state index < -0.39 is 10.0 Å². The van der Waals surface area contributed by atoms with Gasteiger partial charge in [-0.1, -0.05) is 25.1 Å². The first kappa shape index (κ1) is 17.2. The molecule has 3 aromatic rings. The first-order valence-corrected chi connectivity index (χ1v) is 10.4. The lowest BCUT2D eigenvalue weighted by Gasteiger charge is -2.17. The monoisotopic (exact) mass is 370 g/mol. The molecule has 3 heterocycles.